The van der Waals surface area contributed by atoms with Gasteiger partial charge in [0.15, 0.2) is 0 Å². The van der Waals surface area contributed by atoms with Gasteiger partial charge >= 0.3 is 5.63 Å². The number of rotatable bonds is 5. The molecule has 0 bridgehead atoms. The molecular weight excluding hydrogens is 372 g/mol. The molecule has 0 N–H and O–H groups in total. The zero-order valence-corrected chi connectivity index (χ0v) is 16.4. The first-order valence-electron chi connectivity index (χ1n) is 9.16. The summed E-state index contributed by atoms with van der Waals surface area (Å²) in [6.07, 6.45) is 2.01. The third-order valence-corrected chi connectivity index (χ3v) is 4.74. The molecule has 148 valence electrons. The quantitative estimate of drug-likeness (QED) is 0.515. The Morgan fingerprint density at radius 2 is 1.86 bits per heavy atom. The van der Waals surface area contributed by atoms with Crippen LogP contribution in [0.2, 0.25) is 0 Å². The van der Waals surface area contributed by atoms with Crippen LogP contribution in [0, 0.1) is 6.92 Å². The molecule has 0 unspecified atom stereocenters. The smallest absolute Gasteiger partial charge is 0.336 e. The molecule has 0 amide bonds. The molecule has 3 heterocycles. The van der Waals surface area contributed by atoms with Crippen LogP contribution in [0.4, 0.5) is 5.69 Å². The molecule has 0 aliphatic heterocycles. The van der Waals surface area contributed by atoms with Crippen LogP contribution in [-0.2, 0) is 13.0 Å². The van der Waals surface area contributed by atoms with Crippen molar-refractivity contribution in [2.75, 3.05) is 19.0 Å². The summed E-state index contributed by atoms with van der Waals surface area (Å²) in [7, 11) is 3.96. The minimum Gasteiger partial charge on any atom is -0.422 e. The topological polar surface area (TPSA) is 94.4 Å². The van der Waals surface area contributed by atoms with Crippen molar-refractivity contribution in [1.29, 1.82) is 0 Å². The van der Waals surface area contributed by atoms with Gasteiger partial charge in [-0.1, -0.05) is 5.16 Å². The van der Waals surface area contributed by atoms with Gasteiger partial charge in [-0.15, -0.1) is 0 Å². The average Bonchev–Trinajstić information content (AvgIpc) is 3.16. The summed E-state index contributed by atoms with van der Waals surface area (Å²) in [5.74, 6) is 0.953. The van der Waals surface area contributed by atoms with E-state index >= 15 is 0 Å². The predicted molar refractivity (Wildman–Crippen MR) is 109 cm³/mol. The molecule has 0 fully saturated rings. The lowest BCUT2D eigenvalue weighted by Crippen LogP contribution is -2.22. The van der Waals surface area contributed by atoms with E-state index in [1.165, 1.54) is 6.07 Å². The molecule has 0 radical (unpaired) electrons. The zero-order chi connectivity index (χ0) is 20.5. The summed E-state index contributed by atoms with van der Waals surface area (Å²) < 4.78 is 12.0. The lowest BCUT2D eigenvalue weighted by Gasteiger charge is -2.11. The summed E-state index contributed by atoms with van der Waals surface area (Å²) in [6.45, 7) is 2.09. The highest BCUT2D eigenvalue weighted by atomic mass is 16.5. The number of aryl methyl sites for hydroxylation is 3. The predicted octanol–water partition coefficient (Wildman–Crippen LogP) is 2.62. The fourth-order valence-electron chi connectivity index (χ4n) is 3.17. The largest absolute Gasteiger partial charge is 0.422 e. The summed E-state index contributed by atoms with van der Waals surface area (Å²) in [5, 5.41) is 4.43. The van der Waals surface area contributed by atoms with Crippen LogP contribution >= 0.6 is 0 Å². The number of nitrogens with zero attached hydrogens (tertiary/aromatic N) is 4. The van der Waals surface area contributed by atoms with E-state index in [-0.39, 0.29) is 11.1 Å². The molecule has 0 saturated carbocycles. The molecule has 4 rings (SSSR count). The van der Waals surface area contributed by atoms with E-state index in [9.17, 15) is 9.59 Å². The Hall–Kier alpha value is -3.68. The Morgan fingerprint density at radius 1 is 1.10 bits per heavy atom. The lowest BCUT2D eigenvalue weighted by atomic mass is 10.2. The van der Waals surface area contributed by atoms with Gasteiger partial charge in [-0.2, -0.15) is 4.98 Å². The fourth-order valence-corrected chi connectivity index (χ4v) is 3.17. The normalized spacial score (nSPS) is 11.1. The number of aromatic nitrogens is 3. The van der Waals surface area contributed by atoms with Crippen molar-refractivity contribution in [1.82, 2.24) is 14.7 Å². The SMILES string of the molecule is Cc1cc(=O)oc2ccn(CCc3nc(-c4ccc(N(C)C)cc4)no3)c(=O)c12. The molecule has 8 heteroatoms. The molecule has 3 aromatic heterocycles. The minimum absolute atomic E-state index is 0.220. The van der Waals surface area contributed by atoms with Crippen LogP contribution in [0.5, 0.6) is 0 Å². The molecule has 1 aromatic carbocycles. The molecule has 0 aliphatic rings. The van der Waals surface area contributed by atoms with Crippen LogP contribution in [0.15, 0.2) is 61.1 Å². The van der Waals surface area contributed by atoms with Crippen LogP contribution in [-0.4, -0.2) is 28.8 Å². The number of hydrogen-bond acceptors (Lipinski definition) is 7. The number of hydrogen-bond donors (Lipinski definition) is 0. The second kappa shape index (κ2) is 7.38. The monoisotopic (exact) mass is 392 g/mol. The van der Waals surface area contributed by atoms with Gasteiger partial charge < -0.3 is 18.4 Å². The maximum atomic E-state index is 12.7. The Morgan fingerprint density at radius 3 is 2.59 bits per heavy atom. The van der Waals surface area contributed by atoms with Crippen molar-refractivity contribution in [3.63, 3.8) is 0 Å². The summed E-state index contributed by atoms with van der Waals surface area (Å²) >= 11 is 0. The van der Waals surface area contributed by atoms with E-state index in [1.54, 1.807) is 23.8 Å². The summed E-state index contributed by atoms with van der Waals surface area (Å²) in [4.78, 5) is 30.6. The van der Waals surface area contributed by atoms with Crippen LogP contribution < -0.4 is 16.1 Å². The molecular formula is C21H20N4O4. The van der Waals surface area contributed by atoms with E-state index in [0.717, 1.165) is 11.3 Å². The van der Waals surface area contributed by atoms with Gasteiger partial charge in [-0.25, -0.2) is 4.79 Å². The molecule has 8 nitrogen and oxygen atoms in total. The second-order valence-corrected chi connectivity index (χ2v) is 7.01. The first-order valence-corrected chi connectivity index (χ1v) is 9.16. The Labute approximate surface area is 166 Å². The van der Waals surface area contributed by atoms with Gasteiger partial charge in [0.1, 0.15) is 5.58 Å². The first-order chi connectivity index (χ1) is 13.9. The van der Waals surface area contributed by atoms with Crippen molar-refractivity contribution in [3.05, 3.63) is 74.8 Å². The van der Waals surface area contributed by atoms with Crippen molar-refractivity contribution in [3.8, 4) is 11.4 Å². The van der Waals surface area contributed by atoms with E-state index < -0.39 is 5.63 Å². The summed E-state index contributed by atoms with van der Waals surface area (Å²) in [5.41, 5.74) is 2.14. The molecule has 29 heavy (non-hydrogen) atoms. The van der Waals surface area contributed by atoms with E-state index in [0.29, 0.717) is 35.6 Å². The standard InChI is InChI=1S/C21H20N4O4/c1-13-12-18(26)28-16-8-10-25(21(27)19(13)16)11-9-17-22-20(23-29-17)14-4-6-15(7-5-14)24(2)3/h4-8,10,12H,9,11H2,1-3H3. The summed E-state index contributed by atoms with van der Waals surface area (Å²) in [6, 6.07) is 10.8. The zero-order valence-electron chi connectivity index (χ0n) is 16.4. The average molecular weight is 392 g/mol. The van der Waals surface area contributed by atoms with Crippen molar-refractivity contribution in [2.24, 2.45) is 0 Å². The van der Waals surface area contributed by atoms with Crippen LogP contribution in [0.1, 0.15) is 11.5 Å². The molecule has 0 spiro atoms. The van der Waals surface area contributed by atoms with Crippen molar-refractivity contribution < 1.29 is 8.94 Å². The first kappa shape index (κ1) is 18.7. The van der Waals surface area contributed by atoms with Gasteiger partial charge in [0.25, 0.3) is 5.56 Å². The fraction of sp³-hybridized carbons (Fsp3) is 0.238. The van der Waals surface area contributed by atoms with Crippen LogP contribution in [0.25, 0.3) is 22.4 Å². The number of benzene rings is 1. The Balaban J connectivity index is 1.54. The van der Waals surface area contributed by atoms with Crippen molar-refractivity contribution in [2.45, 2.75) is 19.9 Å². The van der Waals surface area contributed by atoms with E-state index in [2.05, 4.69) is 10.1 Å². The minimum atomic E-state index is -0.468. The number of fused-ring (bicyclic) bond motifs is 1. The molecule has 0 aliphatic carbocycles. The highest BCUT2D eigenvalue weighted by molar-refractivity contribution is 5.78. The molecule has 0 atom stereocenters. The third kappa shape index (κ3) is 3.69. The Bertz CT molecular complexity index is 1280. The number of anilines is 1. The lowest BCUT2D eigenvalue weighted by molar-refractivity contribution is 0.371. The highest BCUT2D eigenvalue weighted by Gasteiger charge is 2.12. The Kier molecular flexibility index (Phi) is 4.75. The van der Waals surface area contributed by atoms with Gasteiger partial charge in [0, 0.05) is 50.6 Å². The van der Waals surface area contributed by atoms with Crippen molar-refractivity contribution >= 4 is 16.7 Å². The number of pyridine rings is 1. The van der Waals surface area contributed by atoms with Gasteiger partial charge in [0.2, 0.25) is 11.7 Å². The molecule has 4 aromatic rings. The molecule has 0 saturated heterocycles. The van der Waals surface area contributed by atoms with E-state index in [4.69, 9.17) is 8.94 Å². The maximum Gasteiger partial charge on any atom is 0.336 e. The van der Waals surface area contributed by atoms with Gasteiger partial charge in [0.05, 0.1) is 5.39 Å². The van der Waals surface area contributed by atoms with E-state index in [1.807, 2.05) is 43.3 Å². The maximum absolute atomic E-state index is 12.7. The van der Waals surface area contributed by atoms with Gasteiger partial charge in [-0.05, 0) is 42.8 Å². The second-order valence-electron chi connectivity index (χ2n) is 7.01. The third-order valence-electron chi connectivity index (χ3n) is 4.74. The van der Waals surface area contributed by atoms with Crippen LogP contribution in [0.3, 0.4) is 0 Å². The van der Waals surface area contributed by atoms with Gasteiger partial charge in [-0.3, -0.25) is 4.79 Å². The highest BCUT2D eigenvalue weighted by Crippen LogP contribution is 2.20.